The third-order valence-electron chi connectivity index (χ3n) is 2.02. The molecule has 0 saturated heterocycles. The summed E-state index contributed by atoms with van der Waals surface area (Å²) in [4.78, 5) is 0. The number of hydrogen-bond acceptors (Lipinski definition) is 3. The van der Waals surface area contributed by atoms with Crippen LogP contribution in [0.25, 0.3) is 0 Å². The second kappa shape index (κ2) is 4.39. The summed E-state index contributed by atoms with van der Waals surface area (Å²) in [7, 11) is 0. The number of aromatic nitrogens is 2. The topological polar surface area (TPSA) is 64.1 Å². The average Bonchev–Trinajstić information content (AvgIpc) is 2.52. The van der Waals surface area contributed by atoms with E-state index < -0.39 is 0 Å². The molecule has 1 aromatic heterocycles. The quantitative estimate of drug-likeness (QED) is 0.727. The SMILES string of the molecule is CC(C)n1cc([C@@H](N)CCO)cn1. The van der Waals surface area contributed by atoms with E-state index in [1.54, 1.807) is 6.20 Å². The average molecular weight is 183 g/mol. The van der Waals surface area contributed by atoms with Gasteiger partial charge < -0.3 is 10.8 Å². The smallest absolute Gasteiger partial charge is 0.0537 e. The van der Waals surface area contributed by atoms with Crippen LogP contribution in [0.3, 0.4) is 0 Å². The lowest BCUT2D eigenvalue weighted by atomic mass is 10.1. The lowest BCUT2D eigenvalue weighted by Gasteiger charge is -2.07. The maximum atomic E-state index is 8.71. The monoisotopic (exact) mass is 183 g/mol. The van der Waals surface area contributed by atoms with Gasteiger partial charge in [0.05, 0.1) is 6.20 Å². The first-order chi connectivity index (χ1) is 6.15. The summed E-state index contributed by atoms with van der Waals surface area (Å²) in [5.74, 6) is 0. The molecular weight excluding hydrogens is 166 g/mol. The van der Waals surface area contributed by atoms with Crippen molar-refractivity contribution in [1.29, 1.82) is 0 Å². The molecule has 4 heteroatoms. The molecule has 0 aliphatic heterocycles. The Labute approximate surface area is 78.4 Å². The molecule has 13 heavy (non-hydrogen) atoms. The van der Waals surface area contributed by atoms with Crippen molar-refractivity contribution in [3.05, 3.63) is 18.0 Å². The maximum Gasteiger partial charge on any atom is 0.0537 e. The van der Waals surface area contributed by atoms with Crippen molar-refractivity contribution in [2.75, 3.05) is 6.61 Å². The van der Waals surface area contributed by atoms with Crippen LogP contribution < -0.4 is 5.73 Å². The Balaban J connectivity index is 2.67. The number of rotatable bonds is 4. The molecule has 0 spiro atoms. The molecule has 0 amide bonds. The number of aliphatic hydroxyl groups is 1. The van der Waals surface area contributed by atoms with E-state index in [-0.39, 0.29) is 12.6 Å². The van der Waals surface area contributed by atoms with E-state index in [2.05, 4.69) is 18.9 Å². The molecule has 0 aromatic carbocycles. The first-order valence-corrected chi connectivity index (χ1v) is 4.55. The molecule has 74 valence electrons. The van der Waals surface area contributed by atoms with Gasteiger partial charge in [-0.25, -0.2) is 0 Å². The predicted octanol–water partition coefficient (Wildman–Crippen LogP) is 0.846. The molecule has 1 aromatic rings. The highest BCUT2D eigenvalue weighted by atomic mass is 16.3. The lowest BCUT2D eigenvalue weighted by molar-refractivity contribution is 0.276. The van der Waals surface area contributed by atoms with Gasteiger partial charge in [-0.1, -0.05) is 0 Å². The van der Waals surface area contributed by atoms with E-state index in [0.717, 1.165) is 5.56 Å². The van der Waals surface area contributed by atoms with Gasteiger partial charge in [0.2, 0.25) is 0 Å². The normalized spacial score (nSPS) is 13.6. The van der Waals surface area contributed by atoms with Crippen molar-refractivity contribution in [3.8, 4) is 0 Å². The summed E-state index contributed by atoms with van der Waals surface area (Å²) in [6, 6.07) is 0.257. The van der Waals surface area contributed by atoms with Gasteiger partial charge in [0.25, 0.3) is 0 Å². The molecule has 0 radical (unpaired) electrons. The minimum Gasteiger partial charge on any atom is -0.396 e. The zero-order valence-electron chi connectivity index (χ0n) is 8.14. The number of nitrogens with two attached hydrogens (primary N) is 1. The van der Waals surface area contributed by atoms with E-state index in [9.17, 15) is 0 Å². The molecule has 3 N–H and O–H groups in total. The highest BCUT2D eigenvalue weighted by Crippen LogP contribution is 2.14. The molecule has 0 saturated carbocycles. The standard InChI is InChI=1S/C9H17N3O/c1-7(2)12-6-8(5-11-12)9(10)3-4-13/h5-7,9,13H,3-4,10H2,1-2H3/t9-/m0/s1. The van der Waals surface area contributed by atoms with Crippen LogP contribution in [0.4, 0.5) is 0 Å². The van der Waals surface area contributed by atoms with Crippen LogP contribution in [-0.4, -0.2) is 21.5 Å². The van der Waals surface area contributed by atoms with Crippen molar-refractivity contribution in [1.82, 2.24) is 9.78 Å². The molecule has 1 atom stereocenters. The zero-order valence-corrected chi connectivity index (χ0v) is 8.14. The second-order valence-electron chi connectivity index (χ2n) is 3.47. The maximum absolute atomic E-state index is 8.71. The van der Waals surface area contributed by atoms with Crippen LogP contribution in [0, 0.1) is 0 Å². The Hall–Kier alpha value is -0.870. The number of aliphatic hydroxyl groups excluding tert-OH is 1. The predicted molar refractivity (Wildman–Crippen MR) is 51.2 cm³/mol. The van der Waals surface area contributed by atoms with Gasteiger partial charge in [-0.3, -0.25) is 4.68 Å². The molecule has 0 aliphatic carbocycles. The van der Waals surface area contributed by atoms with Gasteiger partial charge in [0, 0.05) is 30.5 Å². The molecule has 0 fully saturated rings. The van der Waals surface area contributed by atoms with Crippen LogP contribution >= 0.6 is 0 Å². The van der Waals surface area contributed by atoms with Crippen LogP contribution in [0.2, 0.25) is 0 Å². The zero-order chi connectivity index (χ0) is 9.84. The Kier molecular flexibility index (Phi) is 3.45. The van der Waals surface area contributed by atoms with Crippen molar-refractivity contribution >= 4 is 0 Å². The van der Waals surface area contributed by atoms with E-state index in [1.807, 2.05) is 10.9 Å². The van der Waals surface area contributed by atoms with Crippen molar-refractivity contribution in [2.24, 2.45) is 5.73 Å². The molecule has 0 unspecified atom stereocenters. The number of hydrogen-bond donors (Lipinski definition) is 2. The van der Waals surface area contributed by atoms with Gasteiger partial charge >= 0.3 is 0 Å². The fraction of sp³-hybridized carbons (Fsp3) is 0.667. The fourth-order valence-corrected chi connectivity index (χ4v) is 1.13. The highest BCUT2D eigenvalue weighted by Gasteiger charge is 2.08. The first kappa shape index (κ1) is 10.2. The van der Waals surface area contributed by atoms with Crippen LogP contribution in [-0.2, 0) is 0 Å². The van der Waals surface area contributed by atoms with E-state index in [0.29, 0.717) is 12.5 Å². The van der Waals surface area contributed by atoms with Gasteiger partial charge in [-0.2, -0.15) is 5.10 Å². The van der Waals surface area contributed by atoms with Gasteiger partial charge in [0.15, 0.2) is 0 Å². The summed E-state index contributed by atoms with van der Waals surface area (Å²) < 4.78 is 1.87. The Morgan fingerprint density at radius 2 is 2.31 bits per heavy atom. The highest BCUT2D eigenvalue weighted by molar-refractivity contribution is 5.09. The Bertz CT molecular complexity index is 257. The van der Waals surface area contributed by atoms with E-state index >= 15 is 0 Å². The fourth-order valence-electron chi connectivity index (χ4n) is 1.13. The van der Waals surface area contributed by atoms with Crippen molar-refractivity contribution in [2.45, 2.75) is 32.4 Å². The molecular formula is C9H17N3O. The van der Waals surface area contributed by atoms with Gasteiger partial charge in [0.1, 0.15) is 0 Å². The molecule has 4 nitrogen and oxygen atoms in total. The lowest BCUT2D eigenvalue weighted by Crippen LogP contribution is -2.11. The largest absolute Gasteiger partial charge is 0.396 e. The molecule has 0 bridgehead atoms. The first-order valence-electron chi connectivity index (χ1n) is 4.55. The second-order valence-corrected chi connectivity index (χ2v) is 3.47. The van der Waals surface area contributed by atoms with Crippen molar-refractivity contribution in [3.63, 3.8) is 0 Å². The van der Waals surface area contributed by atoms with Gasteiger partial charge in [-0.05, 0) is 20.3 Å². The number of nitrogens with zero attached hydrogens (tertiary/aromatic N) is 2. The minimum atomic E-state index is -0.0995. The summed E-state index contributed by atoms with van der Waals surface area (Å²) >= 11 is 0. The summed E-state index contributed by atoms with van der Waals surface area (Å²) in [6.07, 6.45) is 4.29. The summed E-state index contributed by atoms with van der Waals surface area (Å²) in [5.41, 5.74) is 6.79. The Morgan fingerprint density at radius 1 is 1.62 bits per heavy atom. The Morgan fingerprint density at radius 3 is 2.77 bits per heavy atom. The van der Waals surface area contributed by atoms with Crippen LogP contribution in [0.15, 0.2) is 12.4 Å². The summed E-state index contributed by atoms with van der Waals surface area (Å²) in [6.45, 7) is 4.25. The minimum absolute atomic E-state index is 0.0995. The molecule has 0 aliphatic rings. The third-order valence-corrected chi connectivity index (χ3v) is 2.02. The van der Waals surface area contributed by atoms with Crippen LogP contribution in [0.5, 0.6) is 0 Å². The van der Waals surface area contributed by atoms with Crippen molar-refractivity contribution < 1.29 is 5.11 Å². The third kappa shape index (κ3) is 2.54. The van der Waals surface area contributed by atoms with Gasteiger partial charge in [-0.15, -0.1) is 0 Å². The molecule has 1 rings (SSSR count). The summed E-state index contributed by atoms with van der Waals surface area (Å²) in [5, 5.41) is 12.9. The van der Waals surface area contributed by atoms with E-state index in [4.69, 9.17) is 10.8 Å². The molecule has 1 heterocycles. The van der Waals surface area contributed by atoms with E-state index in [1.165, 1.54) is 0 Å². The van der Waals surface area contributed by atoms with Crippen LogP contribution in [0.1, 0.15) is 37.9 Å².